The van der Waals surface area contributed by atoms with Gasteiger partial charge in [0.15, 0.2) is 5.78 Å². The lowest BCUT2D eigenvalue weighted by atomic mass is 9.81. The van der Waals surface area contributed by atoms with E-state index in [1.165, 1.54) is 30.5 Å². The first kappa shape index (κ1) is 40.9. The van der Waals surface area contributed by atoms with Crippen LogP contribution >= 0.6 is 0 Å². The number of esters is 1. The molecule has 4 atom stereocenters. The van der Waals surface area contributed by atoms with Crippen LogP contribution < -0.4 is 15.4 Å². The van der Waals surface area contributed by atoms with Gasteiger partial charge in [0.1, 0.15) is 30.0 Å². The molecule has 53 heavy (non-hydrogen) atoms. The number of alkyl halides is 6. The zero-order chi connectivity index (χ0) is 38.8. The van der Waals surface area contributed by atoms with Crippen LogP contribution in [0.4, 0.5) is 39.9 Å². The van der Waals surface area contributed by atoms with Crippen molar-refractivity contribution in [1.82, 2.24) is 15.6 Å². The number of pyridine rings is 1. The minimum absolute atomic E-state index is 0.0519. The summed E-state index contributed by atoms with van der Waals surface area (Å²) in [5.74, 6) is -4.65. The number of Topliss-reactive ketones (excluding diaryl/α,β-unsaturated/α-hetero) is 1. The molecule has 1 aromatic heterocycles. The first-order valence-electron chi connectivity index (χ1n) is 16.2. The molecule has 0 bridgehead atoms. The Hall–Kier alpha value is -4.84. The molecule has 0 saturated carbocycles. The second-order valence-electron chi connectivity index (χ2n) is 12.1. The predicted molar refractivity (Wildman–Crippen MR) is 170 cm³/mol. The number of nitrogens with zero attached hydrogens (tertiary/aromatic N) is 1. The maximum absolute atomic E-state index is 15.2. The fourth-order valence-electron chi connectivity index (χ4n) is 5.67. The molecule has 1 fully saturated rings. The van der Waals surface area contributed by atoms with E-state index >= 15 is 4.39 Å². The van der Waals surface area contributed by atoms with Crippen LogP contribution in [0.1, 0.15) is 47.4 Å². The Morgan fingerprint density at radius 1 is 0.981 bits per heavy atom. The topological polar surface area (TPSA) is 125 Å². The van der Waals surface area contributed by atoms with Crippen LogP contribution in [0.15, 0.2) is 60.9 Å². The van der Waals surface area contributed by atoms with E-state index in [1.807, 2.05) is 0 Å². The molecular weight excluding hydrogens is 726 g/mol. The minimum Gasteiger partial charge on any atom is -0.464 e. The summed E-state index contributed by atoms with van der Waals surface area (Å²) >= 11 is 0. The maximum atomic E-state index is 15.2. The quantitative estimate of drug-likeness (QED) is 0.140. The van der Waals surface area contributed by atoms with Crippen LogP contribution in [0.25, 0.3) is 0 Å². The Kier molecular flexibility index (Phi) is 14.1. The number of benzene rings is 2. The molecule has 2 heterocycles. The van der Waals surface area contributed by atoms with E-state index < -0.39 is 91.1 Å². The van der Waals surface area contributed by atoms with E-state index in [9.17, 15) is 45.1 Å². The fraction of sp³-hybridized carbons (Fsp3) is 0.429. The van der Waals surface area contributed by atoms with Crippen LogP contribution in [-0.2, 0) is 36.6 Å². The van der Waals surface area contributed by atoms with E-state index in [4.69, 9.17) is 14.2 Å². The molecule has 3 aromatic rings. The molecule has 4 rings (SSSR count). The molecule has 288 valence electrons. The Morgan fingerprint density at radius 2 is 1.64 bits per heavy atom. The van der Waals surface area contributed by atoms with E-state index in [1.54, 1.807) is 0 Å². The number of halogens is 8. The molecule has 1 aliphatic rings. The van der Waals surface area contributed by atoms with Gasteiger partial charge in [-0.2, -0.15) is 13.2 Å². The van der Waals surface area contributed by atoms with Crippen molar-refractivity contribution in [3.63, 3.8) is 0 Å². The van der Waals surface area contributed by atoms with E-state index in [0.717, 1.165) is 37.6 Å². The second-order valence-corrected chi connectivity index (χ2v) is 12.1. The Bertz CT molecular complexity index is 1680. The molecule has 0 radical (unpaired) electrons. The zero-order valence-electron chi connectivity index (χ0n) is 28.1. The summed E-state index contributed by atoms with van der Waals surface area (Å²) in [6.45, 7) is 0.0825. The Balaban J connectivity index is 1.48. The molecule has 1 amide bonds. The second kappa shape index (κ2) is 18.3. The fourth-order valence-corrected chi connectivity index (χ4v) is 5.67. The number of methoxy groups -OCH3 is 1. The molecule has 2 N–H and O–H groups in total. The van der Waals surface area contributed by atoms with Gasteiger partial charge in [-0.25, -0.2) is 13.6 Å². The number of hydrogen-bond donors (Lipinski definition) is 2. The number of morpholine rings is 1. The van der Waals surface area contributed by atoms with Crippen molar-refractivity contribution in [1.29, 1.82) is 0 Å². The summed E-state index contributed by atoms with van der Waals surface area (Å²) in [6.07, 6.45) is -10.9. The standard InChI is InChI=1S/C35H35F8N3O7/c1-50-33(49)46-32(31(20-2-6-23(36)7-3-20)21-4-8-25(9-5-21)53-35(41,42)43)29(47)14-22-15-44-17-28(37)27(22)11-10-26-16-45-24(18-51-26)19-52-30(48)12-13-34(38,39)40/h2-9,15,17,24,26,31-32,45H,10-14,16,18-19H2,1H3,(H,46,49)/t24-,26+,31+,32+/m0/s1. The SMILES string of the molecule is COC(=O)N[C@H](C(=O)Cc1cncc(F)c1CC[C@@H]1CN[C@H](COC(=O)CCC(F)(F)F)CO1)[C@H](c1ccc(F)cc1)c1ccc(OC(F)(F)F)cc1. The number of hydrogen-bond acceptors (Lipinski definition) is 9. The van der Waals surface area contributed by atoms with Gasteiger partial charge in [0.25, 0.3) is 0 Å². The van der Waals surface area contributed by atoms with E-state index in [-0.39, 0.29) is 49.3 Å². The number of rotatable bonds is 15. The largest absolute Gasteiger partial charge is 0.573 e. The third-order valence-corrected chi connectivity index (χ3v) is 8.24. The lowest BCUT2D eigenvalue weighted by Gasteiger charge is -2.30. The maximum Gasteiger partial charge on any atom is 0.573 e. The van der Waals surface area contributed by atoms with Crippen molar-refractivity contribution in [3.8, 4) is 5.75 Å². The smallest absolute Gasteiger partial charge is 0.464 e. The molecular formula is C35H35F8N3O7. The van der Waals surface area contributed by atoms with Gasteiger partial charge in [0.05, 0.1) is 44.9 Å². The van der Waals surface area contributed by atoms with Crippen molar-refractivity contribution in [3.05, 3.63) is 94.8 Å². The van der Waals surface area contributed by atoms with Crippen molar-refractivity contribution in [2.24, 2.45) is 0 Å². The highest BCUT2D eigenvalue weighted by molar-refractivity contribution is 5.90. The Labute approximate surface area is 298 Å². The van der Waals surface area contributed by atoms with Gasteiger partial charge in [-0.3, -0.25) is 14.6 Å². The molecule has 0 unspecified atom stereocenters. The summed E-state index contributed by atoms with van der Waals surface area (Å²) in [5, 5.41) is 5.54. The predicted octanol–water partition coefficient (Wildman–Crippen LogP) is 6.10. The molecule has 2 aromatic carbocycles. The number of carbonyl (C=O) groups excluding carboxylic acids is 3. The van der Waals surface area contributed by atoms with Crippen LogP contribution in [0.2, 0.25) is 0 Å². The summed E-state index contributed by atoms with van der Waals surface area (Å²) in [7, 11) is 1.05. The van der Waals surface area contributed by atoms with Crippen molar-refractivity contribution in [2.75, 3.05) is 26.9 Å². The number of aromatic nitrogens is 1. The highest BCUT2D eigenvalue weighted by Gasteiger charge is 2.35. The number of ketones is 1. The van der Waals surface area contributed by atoms with Gasteiger partial charge in [-0.1, -0.05) is 24.3 Å². The summed E-state index contributed by atoms with van der Waals surface area (Å²) in [5.41, 5.74) is 0.849. The number of ether oxygens (including phenoxy) is 4. The number of alkyl carbamates (subject to hydrolysis) is 1. The van der Waals surface area contributed by atoms with Gasteiger partial charge >= 0.3 is 24.6 Å². The Morgan fingerprint density at radius 3 is 2.23 bits per heavy atom. The van der Waals surface area contributed by atoms with E-state index in [2.05, 4.69) is 20.4 Å². The molecule has 1 aliphatic heterocycles. The zero-order valence-corrected chi connectivity index (χ0v) is 28.1. The van der Waals surface area contributed by atoms with Crippen molar-refractivity contribution < 1.29 is 68.5 Å². The highest BCUT2D eigenvalue weighted by atomic mass is 19.4. The van der Waals surface area contributed by atoms with E-state index in [0.29, 0.717) is 5.56 Å². The molecule has 0 aliphatic carbocycles. The lowest BCUT2D eigenvalue weighted by molar-refractivity contribution is -0.274. The number of nitrogens with one attached hydrogen (secondary N) is 2. The van der Waals surface area contributed by atoms with Crippen LogP contribution in [0.5, 0.6) is 5.75 Å². The van der Waals surface area contributed by atoms with Gasteiger partial charge in [-0.15, -0.1) is 13.2 Å². The summed E-state index contributed by atoms with van der Waals surface area (Å²) in [6, 6.07) is 7.50. The van der Waals surface area contributed by atoms with Gasteiger partial charge < -0.3 is 29.6 Å². The first-order valence-corrected chi connectivity index (χ1v) is 16.2. The molecule has 1 saturated heterocycles. The lowest BCUT2D eigenvalue weighted by Crippen LogP contribution is -2.49. The first-order chi connectivity index (χ1) is 25.0. The van der Waals surface area contributed by atoms with Gasteiger partial charge in [-0.05, 0) is 59.4 Å². The van der Waals surface area contributed by atoms with Crippen LogP contribution in [0.3, 0.4) is 0 Å². The number of amides is 1. The van der Waals surface area contributed by atoms with Crippen molar-refractivity contribution in [2.45, 2.75) is 68.7 Å². The van der Waals surface area contributed by atoms with Crippen LogP contribution in [0, 0.1) is 11.6 Å². The number of carbonyl (C=O) groups is 3. The molecule has 18 heteroatoms. The van der Waals surface area contributed by atoms with Gasteiger partial charge in [0.2, 0.25) is 0 Å². The third-order valence-electron chi connectivity index (χ3n) is 8.24. The van der Waals surface area contributed by atoms with Crippen LogP contribution in [-0.4, -0.2) is 80.4 Å². The van der Waals surface area contributed by atoms with Gasteiger partial charge in [0, 0.05) is 25.1 Å². The molecule has 0 spiro atoms. The van der Waals surface area contributed by atoms with Crippen molar-refractivity contribution >= 4 is 17.8 Å². The highest BCUT2D eigenvalue weighted by Crippen LogP contribution is 2.33. The molecule has 10 nitrogen and oxygen atoms in total. The summed E-state index contributed by atoms with van der Waals surface area (Å²) in [4.78, 5) is 42.1. The monoisotopic (exact) mass is 761 g/mol. The minimum atomic E-state index is -4.97. The average Bonchev–Trinajstić information content (AvgIpc) is 3.10. The average molecular weight is 762 g/mol. The summed E-state index contributed by atoms with van der Waals surface area (Å²) < 4.78 is 124. The normalized spacial score (nSPS) is 17.4. The third kappa shape index (κ3) is 13.0.